The predicted molar refractivity (Wildman–Crippen MR) is 559 cm³/mol. The van der Waals surface area contributed by atoms with Crippen LogP contribution in [0.25, 0.3) is 0 Å². The van der Waals surface area contributed by atoms with Crippen LogP contribution in [-0.4, -0.2) is 285 Å². The zero-order chi connectivity index (χ0) is 101. The van der Waals surface area contributed by atoms with E-state index in [0.29, 0.717) is 134 Å². The number of aromatic nitrogens is 4. The maximum Gasteiger partial charge on any atom is 0.422 e. The molecule has 1 unspecified atom stereocenters. The first-order valence-corrected chi connectivity index (χ1v) is 52.7. The predicted octanol–water partition coefficient (Wildman–Crippen LogP) is 16.1. The zero-order valence-corrected chi connectivity index (χ0v) is 90.7. The van der Waals surface area contributed by atoms with Crippen molar-refractivity contribution in [3.63, 3.8) is 0 Å². The summed E-state index contributed by atoms with van der Waals surface area (Å²) in [6.07, 6.45) is 20.4. The Labute approximate surface area is 818 Å². The molecule has 0 saturated carbocycles. The van der Waals surface area contributed by atoms with Crippen LogP contribution in [0.4, 0.5) is 0 Å². The fourth-order valence-electron chi connectivity index (χ4n) is 20.6. The molecule has 16 heterocycles. The third-order valence-electron chi connectivity index (χ3n) is 30.3. The number of nitrogens with zero attached hydrogens (tertiary/aromatic N) is 16. The Kier molecular flexibility index (Phi) is 41.8. The fourth-order valence-corrected chi connectivity index (χ4v) is 20.6. The van der Waals surface area contributed by atoms with E-state index in [1.807, 2.05) is 57.2 Å². The van der Waals surface area contributed by atoms with Crippen LogP contribution in [0.15, 0.2) is 114 Å². The number of aromatic amines is 1. The van der Waals surface area contributed by atoms with Gasteiger partial charge in [0.05, 0.1) is 11.1 Å². The van der Waals surface area contributed by atoms with Crippen molar-refractivity contribution in [1.29, 1.82) is 0 Å². The van der Waals surface area contributed by atoms with E-state index >= 15 is 0 Å². The first kappa shape index (κ1) is 112. The van der Waals surface area contributed by atoms with Crippen molar-refractivity contribution in [2.24, 2.45) is 16.8 Å². The number of rotatable bonds is 16. The summed E-state index contributed by atoms with van der Waals surface area (Å²) < 4.78 is 9.62. The van der Waals surface area contributed by atoms with E-state index in [2.05, 4.69) is 264 Å². The van der Waals surface area contributed by atoms with E-state index in [1.54, 1.807) is 27.9 Å². The Morgan fingerprint density at radius 2 is 0.787 bits per heavy atom. The first-order valence-electron chi connectivity index (χ1n) is 52.7. The molecule has 1 N–H and O–H groups in total. The summed E-state index contributed by atoms with van der Waals surface area (Å²) in [5.74, 6) is 1.62. The molecule has 0 fully saturated rings. The van der Waals surface area contributed by atoms with E-state index in [9.17, 15) is 38.4 Å². The number of fused-ring (bicyclic) bond motifs is 3. The largest absolute Gasteiger partial charge is 0.422 e. The van der Waals surface area contributed by atoms with Gasteiger partial charge in [0.2, 0.25) is 11.8 Å². The molecule has 762 valence electrons. The molecule has 13 aliphatic rings. The van der Waals surface area contributed by atoms with Gasteiger partial charge in [0.15, 0.2) is 0 Å². The molecule has 3 aromatic heterocycles. The number of amides is 3. The molecular formula is C110H183N17O9. The summed E-state index contributed by atoms with van der Waals surface area (Å²) in [6, 6.07) is 8.05. The standard InChI is InChI=1S/C14H22N2O2.C14H22N2O.C14H24N2O.C14H26N2.2C14H24N2.C13H21N3O2.C13H20N2O3/c1-9(2)15-6-5-11-7-13(17)16(10(3)4)14(18)12(11)8-15;1-10(2)15-7-5-12-6-8-16(11(3)4)14(17)13(12)9-15;1-10(2)15-6-5-12-7-14(17)16(11(3)4)9-13(12)8-15;2*1-11(2)15-7-5-13-6-8-16(12(3)4)10-14(13)9-15;1-10(2)12-7-13-9-16(11(3)4)6-5-14(13)15-8-12;1-8(2)15-6-5-11-10(7-15)12(17)16(9(3)4)13(18)14-11;1-8(2)14-6-5-11-10(7-14)12(16)15(9(3)4)13(17)18-11/h9-10H,5-8H2,1-4H3;6,8,10-11H,5,7,9H2,1-4H3;10-11H,5-9H2,1-4H3;11-12H,5-10H2,1-4H3;5,7,11-12H,6,8-10H2,1-4H3;8,10-12H,5-7,9H2,1-4H3;8-9H,5-7H2,1-4H3,(H,14,18);8-9H,5-7H2,1-4H3. The van der Waals surface area contributed by atoms with Crippen molar-refractivity contribution in [2.45, 2.75) is 409 Å². The minimum Gasteiger partial charge on any atom is -0.414 e. The van der Waals surface area contributed by atoms with Crippen LogP contribution in [0.3, 0.4) is 0 Å². The third-order valence-corrected chi connectivity index (χ3v) is 30.3. The van der Waals surface area contributed by atoms with Crippen LogP contribution < -0.4 is 28.1 Å². The molecule has 0 aliphatic carbocycles. The molecule has 26 nitrogen and oxygen atoms in total. The minimum absolute atomic E-state index is 0.0354. The average Bonchev–Trinajstić information content (AvgIpc) is 0.776. The van der Waals surface area contributed by atoms with Gasteiger partial charge in [0.25, 0.3) is 22.6 Å². The van der Waals surface area contributed by atoms with E-state index in [1.165, 1.54) is 108 Å². The van der Waals surface area contributed by atoms with Crippen molar-refractivity contribution in [1.82, 2.24) is 77.5 Å². The number of pyridine rings is 1. The van der Waals surface area contributed by atoms with Crippen LogP contribution >= 0.6 is 0 Å². The SMILES string of the molecule is CC(C)C1C=NC2=C(C1)CN(C(C)C)CC2.CC(C)N1C=CC2=C(C1)CN(C(C)C)CC2.CC(C)N1CCC2=C(C1)C(=O)N(C(C)C)C(=O)C2.CC(C)N1CCC2=C(C1)CN(C(C)C)C(=O)C2.CC(C)N1CCC2=C(C1)CN(C(C)C)CC2.CC(C)N1CCc2[nH]c(=O)n(C(C)C)c(=O)c2C1.CC(C)N1CCc2ccn(C(C)C)c(=O)c2C1.CC(C)N1CCc2oc(=O)n(C(C)C)c(=O)c2C1. The van der Waals surface area contributed by atoms with Gasteiger partial charge in [-0.1, -0.05) is 25.0 Å². The molecule has 3 amide bonds. The number of allylic oxidation sites excluding steroid dienone is 1. The van der Waals surface area contributed by atoms with Gasteiger partial charge in [-0.15, -0.1) is 0 Å². The van der Waals surface area contributed by atoms with Gasteiger partial charge in [0.1, 0.15) is 5.76 Å². The lowest BCUT2D eigenvalue weighted by atomic mass is 9.85. The molecule has 1 atom stereocenters. The monoisotopic (exact) mass is 1890 g/mol. The van der Waals surface area contributed by atoms with Crippen LogP contribution in [0.1, 0.15) is 331 Å². The quantitative estimate of drug-likeness (QED) is 0.104. The number of imide groups is 1. The van der Waals surface area contributed by atoms with Crippen molar-refractivity contribution in [3.8, 4) is 0 Å². The summed E-state index contributed by atoms with van der Waals surface area (Å²) in [7, 11) is 0. The molecule has 3 aromatic rings. The molecule has 0 aromatic carbocycles. The first-order chi connectivity index (χ1) is 64.0. The fraction of sp³-hybridized carbons (Fsp3) is 0.736. The molecule has 0 radical (unpaired) electrons. The second-order valence-corrected chi connectivity index (χ2v) is 44.9. The summed E-state index contributed by atoms with van der Waals surface area (Å²) in [6.45, 7) is 88.9. The van der Waals surface area contributed by atoms with Gasteiger partial charge in [-0.2, -0.15) is 0 Å². The van der Waals surface area contributed by atoms with Gasteiger partial charge in [-0.25, -0.2) is 14.2 Å². The second-order valence-electron chi connectivity index (χ2n) is 44.9. The lowest BCUT2D eigenvalue weighted by molar-refractivity contribution is -0.145. The number of nitrogens with one attached hydrogen (secondary N) is 1. The number of carbonyl (C=O) groups excluding carboxylic acids is 3. The molecule has 16 rings (SSSR count). The Morgan fingerprint density at radius 1 is 0.353 bits per heavy atom. The van der Waals surface area contributed by atoms with Gasteiger partial charge in [-0.3, -0.25) is 87.3 Å². The number of hydrogen-bond donors (Lipinski definition) is 1. The highest BCUT2D eigenvalue weighted by atomic mass is 16.4. The van der Waals surface area contributed by atoms with Crippen LogP contribution in [-0.2, 0) is 53.3 Å². The lowest BCUT2D eigenvalue weighted by Crippen LogP contribution is -2.50. The van der Waals surface area contributed by atoms with Crippen LogP contribution in [0.2, 0.25) is 0 Å². The smallest absolute Gasteiger partial charge is 0.414 e. The summed E-state index contributed by atoms with van der Waals surface area (Å²) in [4.78, 5) is 132. The normalized spacial score (nSPS) is 20.8. The van der Waals surface area contributed by atoms with Gasteiger partial charge in [0, 0.05) is 294 Å². The second kappa shape index (κ2) is 50.7. The summed E-state index contributed by atoms with van der Waals surface area (Å²) in [5.41, 5.74) is 18.6. The molecular weight excluding hydrogens is 1700 g/mol. The number of hydrogen-bond acceptors (Lipinski definition) is 20. The van der Waals surface area contributed by atoms with Crippen LogP contribution in [0, 0.1) is 11.8 Å². The third kappa shape index (κ3) is 29.3. The Bertz CT molecular complexity index is 4890. The van der Waals surface area contributed by atoms with E-state index in [0.717, 1.165) is 126 Å². The highest BCUT2D eigenvalue weighted by molar-refractivity contribution is 6.09. The molecule has 0 saturated heterocycles. The van der Waals surface area contributed by atoms with Crippen molar-refractivity contribution >= 4 is 23.9 Å². The molecule has 0 spiro atoms. The van der Waals surface area contributed by atoms with Crippen molar-refractivity contribution in [3.05, 3.63) is 166 Å². The molecule has 13 aliphatic heterocycles. The van der Waals surface area contributed by atoms with E-state index in [-0.39, 0.29) is 58.3 Å². The highest BCUT2D eigenvalue weighted by Gasteiger charge is 2.39. The lowest BCUT2D eigenvalue weighted by Gasteiger charge is -2.40. The van der Waals surface area contributed by atoms with Gasteiger partial charge >= 0.3 is 11.4 Å². The van der Waals surface area contributed by atoms with Gasteiger partial charge in [-0.05, 0) is 316 Å². The molecule has 136 heavy (non-hydrogen) atoms. The Balaban J connectivity index is 0.000000174. The Hall–Kier alpha value is -7.53. The maximum absolute atomic E-state index is 12.4. The van der Waals surface area contributed by atoms with Crippen molar-refractivity contribution in [2.75, 3.05) is 111 Å². The van der Waals surface area contributed by atoms with Crippen LogP contribution in [0.5, 0.6) is 0 Å². The van der Waals surface area contributed by atoms with E-state index in [4.69, 9.17) is 4.42 Å². The maximum atomic E-state index is 12.4. The molecule has 26 heteroatoms. The zero-order valence-electron chi connectivity index (χ0n) is 90.7. The average molecular weight is 1890 g/mol. The van der Waals surface area contributed by atoms with Crippen molar-refractivity contribution < 1.29 is 18.8 Å². The number of H-pyrrole nitrogens is 1. The topological polar surface area (TPSA) is 232 Å². The summed E-state index contributed by atoms with van der Waals surface area (Å²) >= 11 is 0. The Morgan fingerprint density at radius 3 is 1.29 bits per heavy atom. The molecule has 0 bridgehead atoms. The number of aliphatic imine (C=N–C) groups is 1. The van der Waals surface area contributed by atoms with E-state index < -0.39 is 5.76 Å². The van der Waals surface area contributed by atoms with Gasteiger partial charge < -0.3 is 23.8 Å². The number of carbonyl (C=O) groups is 3. The highest BCUT2D eigenvalue weighted by Crippen LogP contribution is 2.36. The minimum atomic E-state index is -0.535. The summed E-state index contributed by atoms with van der Waals surface area (Å²) in [5, 5.41) is 0.